The summed E-state index contributed by atoms with van der Waals surface area (Å²) in [4.78, 5) is 9.90. The molecule has 0 saturated carbocycles. The van der Waals surface area contributed by atoms with Crippen LogP contribution in [0.2, 0.25) is 0 Å². The van der Waals surface area contributed by atoms with Gasteiger partial charge >= 0.3 is 0 Å². The van der Waals surface area contributed by atoms with Crippen LogP contribution in [0, 0.1) is 0 Å². The number of nitrogens with zero attached hydrogens (tertiary/aromatic N) is 2. The molecule has 0 bridgehead atoms. The summed E-state index contributed by atoms with van der Waals surface area (Å²) < 4.78 is 27.3. The number of para-hydroxylation sites is 6. The zero-order valence-electron chi connectivity index (χ0n) is 53.4. The first-order valence-electron chi connectivity index (χ1n) is 34.1. The summed E-state index contributed by atoms with van der Waals surface area (Å²) in [7, 11) is 0. The molecular weight excluding hydrogens is 1260 g/mol. The van der Waals surface area contributed by atoms with E-state index in [0.29, 0.717) is 0 Å². The summed E-state index contributed by atoms with van der Waals surface area (Å²) in [6, 6.07) is 112. The van der Waals surface area contributed by atoms with E-state index in [-0.39, 0.29) is 13.4 Å². The van der Waals surface area contributed by atoms with Gasteiger partial charge < -0.3 is 27.5 Å². The number of anilines is 6. The van der Waals surface area contributed by atoms with Crippen LogP contribution in [-0.2, 0) is 0 Å². The summed E-state index contributed by atoms with van der Waals surface area (Å²) in [5.41, 5.74) is 30.0. The van der Waals surface area contributed by atoms with Crippen molar-refractivity contribution in [2.75, 3.05) is 9.80 Å². The zero-order chi connectivity index (χ0) is 65.0. The molecule has 0 N–H and O–H groups in total. The maximum Gasteiger partial charge on any atom is 0.249 e. The van der Waals surface area contributed by atoms with Gasteiger partial charge in [-0.15, -0.1) is 0 Å². The predicted molar refractivity (Wildman–Crippen MR) is 417 cm³/mol. The molecule has 0 spiro atoms. The number of hydrogen-bond donors (Lipinski definition) is 0. The minimum Gasteiger partial charge on any atom is -0.456 e. The SMILES string of the molecule is c1ccc(-c2ccccc2N2c3cc4c(cc3B3c5ccc6c(oc7ccccc76)c5Sc5cc(-c6ccc7oc8ccccc8c7c6)cc2c53)B2c3ccc5c(oc6ccccc65)c3Sc3cc(-c5ccc6oc7ccccc7c6c5)cc(c32)N4c2ccccc2-c2ccccc2)cc1. The van der Waals surface area contributed by atoms with Gasteiger partial charge in [-0.3, -0.25) is 0 Å². The van der Waals surface area contributed by atoms with Crippen LogP contribution in [-0.4, -0.2) is 13.4 Å². The van der Waals surface area contributed by atoms with Gasteiger partial charge in [0.15, 0.2) is 0 Å². The first-order chi connectivity index (χ1) is 49.6. The minimum absolute atomic E-state index is 0.230. The molecule has 0 saturated heterocycles. The Kier molecular flexibility index (Phi) is 11.4. The number of fused-ring (bicyclic) bond motifs is 22. The van der Waals surface area contributed by atoms with E-state index in [1.165, 1.54) is 42.6 Å². The Balaban J connectivity index is 0.860. The topological polar surface area (TPSA) is 59.0 Å². The highest BCUT2D eigenvalue weighted by Crippen LogP contribution is 2.53. The molecule has 4 aromatic heterocycles. The van der Waals surface area contributed by atoms with E-state index in [4.69, 9.17) is 17.7 Å². The van der Waals surface area contributed by atoms with Crippen LogP contribution in [0.25, 0.3) is 132 Å². The highest BCUT2D eigenvalue weighted by Gasteiger charge is 2.48. The molecule has 462 valence electrons. The van der Waals surface area contributed by atoms with Crippen LogP contribution in [0.4, 0.5) is 34.1 Å². The first kappa shape index (κ1) is 55.0. The second kappa shape index (κ2) is 20.7. The monoisotopic (exact) mass is 1310 g/mol. The number of furan rings is 4. The summed E-state index contributed by atoms with van der Waals surface area (Å²) in [6.45, 7) is -0.461. The Labute approximate surface area is 582 Å². The maximum absolute atomic E-state index is 7.15. The van der Waals surface area contributed by atoms with Crippen LogP contribution < -0.4 is 42.6 Å². The summed E-state index contributed by atoms with van der Waals surface area (Å²) in [5, 5.41) is 8.82. The quantitative estimate of drug-likeness (QED) is 0.153. The van der Waals surface area contributed by atoms with Crippen molar-refractivity contribution in [3.05, 3.63) is 303 Å². The van der Waals surface area contributed by atoms with Crippen LogP contribution in [0.5, 0.6) is 0 Å². The summed E-state index contributed by atoms with van der Waals surface area (Å²) in [6.07, 6.45) is 0. The number of rotatable bonds is 6. The van der Waals surface area contributed by atoms with E-state index < -0.39 is 0 Å². The van der Waals surface area contributed by atoms with Crippen molar-refractivity contribution in [3.8, 4) is 44.5 Å². The molecule has 4 aliphatic rings. The Morgan fingerprint density at radius 2 is 0.610 bits per heavy atom. The second-order valence-corrected chi connectivity index (χ2v) is 28.9. The lowest BCUT2D eigenvalue weighted by Crippen LogP contribution is -2.64. The first-order valence-corrected chi connectivity index (χ1v) is 35.7. The van der Waals surface area contributed by atoms with Crippen molar-refractivity contribution in [2.45, 2.75) is 19.6 Å². The third-order valence-electron chi connectivity index (χ3n) is 21.6. The van der Waals surface area contributed by atoms with E-state index in [9.17, 15) is 0 Å². The molecule has 4 aliphatic heterocycles. The molecule has 100 heavy (non-hydrogen) atoms. The van der Waals surface area contributed by atoms with Gasteiger partial charge in [0.05, 0.1) is 21.2 Å². The fourth-order valence-electron chi connectivity index (χ4n) is 17.2. The van der Waals surface area contributed by atoms with Crippen LogP contribution >= 0.6 is 23.5 Å². The fraction of sp³-hybridized carbons (Fsp3) is 0. The van der Waals surface area contributed by atoms with Crippen LogP contribution in [0.15, 0.2) is 341 Å². The smallest absolute Gasteiger partial charge is 0.249 e. The van der Waals surface area contributed by atoms with Gasteiger partial charge in [0.25, 0.3) is 0 Å². The van der Waals surface area contributed by atoms with Crippen molar-refractivity contribution < 1.29 is 17.7 Å². The van der Waals surface area contributed by atoms with Gasteiger partial charge in [0.1, 0.15) is 44.7 Å². The third-order valence-corrected chi connectivity index (χ3v) is 23.9. The lowest BCUT2D eigenvalue weighted by atomic mass is 9.31. The molecule has 0 fully saturated rings. The molecule has 0 unspecified atom stereocenters. The van der Waals surface area contributed by atoms with Crippen molar-refractivity contribution in [2.24, 2.45) is 0 Å². The van der Waals surface area contributed by atoms with E-state index in [0.717, 1.165) is 176 Å². The maximum atomic E-state index is 7.15. The van der Waals surface area contributed by atoms with Gasteiger partial charge in [-0.25, -0.2) is 0 Å². The predicted octanol–water partition coefficient (Wildman–Crippen LogP) is 21.5. The van der Waals surface area contributed by atoms with Crippen molar-refractivity contribution in [3.63, 3.8) is 0 Å². The molecule has 0 radical (unpaired) electrons. The molecule has 6 nitrogen and oxygen atoms in total. The number of hydrogen-bond acceptors (Lipinski definition) is 8. The van der Waals surface area contributed by atoms with Crippen molar-refractivity contribution in [1.82, 2.24) is 0 Å². The number of benzene rings is 15. The Hall–Kier alpha value is -12.1. The Bertz CT molecular complexity index is 6390. The Morgan fingerprint density at radius 3 is 1.06 bits per heavy atom. The third kappa shape index (κ3) is 7.80. The van der Waals surface area contributed by atoms with Crippen LogP contribution in [0.1, 0.15) is 0 Å². The average Bonchev–Trinajstić information content (AvgIpc) is 0.748. The Morgan fingerprint density at radius 1 is 0.230 bits per heavy atom. The van der Waals surface area contributed by atoms with Gasteiger partial charge in [-0.05, 0) is 146 Å². The molecule has 0 atom stereocenters. The highest BCUT2D eigenvalue weighted by molar-refractivity contribution is 8.00. The molecule has 23 rings (SSSR count). The zero-order valence-corrected chi connectivity index (χ0v) is 55.0. The summed E-state index contributed by atoms with van der Waals surface area (Å²) >= 11 is 3.69. The standard InChI is InChI=1S/C90H50B2N2O4S2/c1-3-19-51(20-4-1)57-23-7-13-29-71(57)93-73-50-74-70(49-69(73)91-67-39-37-63-59-25-9-17-33-79(59)97-87(63)89(67)99-83-47-55(45-75(93)85(83)91)53-35-41-81-65(43-53)61-27-11-15-31-77(61)95-81)92-68-40-38-64-60-26-10-18-34-80(60)98-88(64)90(68)100-84-48-56(54-36-42-82-66(44-54)62-28-12-16-32-78(62)96-82)46-76(86(84)92)94(74)72-30-14-8-24-58(72)52-21-5-2-6-22-52/h1-50H. The lowest BCUT2D eigenvalue weighted by Gasteiger charge is -2.45. The molecule has 0 amide bonds. The fourth-order valence-corrected chi connectivity index (χ4v) is 19.8. The van der Waals surface area contributed by atoms with Crippen molar-refractivity contribution in [1.29, 1.82) is 0 Å². The lowest BCUT2D eigenvalue weighted by molar-refractivity contribution is 0.660. The van der Waals surface area contributed by atoms with Gasteiger partial charge in [0.2, 0.25) is 13.4 Å². The molecule has 19 aromatic rings. The van der Waals surface area contributed by atoms with E-state index in [1.54, 1.807) is 0 Å². The van der Waals surface area contributed by atoms with Gasteiger partial charge in [-0.2, -0.15) is 0 Å². The molecule has 0 aliphatic carbocycles. The summed E-state index contributed by atoms with van der Waals surface area (Å²) in [5.74, 6) is 0. The largest absolute Gasteiger partial charge is 0.456 e. The molecule has 8 heterocycles. The van der Waals surface area contributed by atoms with E-state index >= 15 is 0 Å². The average molecular weight is 1310 g/mol. The second-order valence-electron chi connectivity index (χ2n) is 26.8. The van der Waals surface area contributed by atoms with Crippen molar-refractivity contribution >= 4 is 192 Å². The molecular formula is C90H50B2N2O4S2. The minimum atomic E-state index is -0.230. The van der Waals surface area contributed by atoms with E-state index in [2.05, 4.69) is 301 Å². The van der Waals surface area contributed by atoms with Gasteiger partial charge in [0, 0.05) is 86.8 Å². The normalized spacial score (nSPS) is 13.4. The van der Waals surface area contributed by atoms with Gasteiger partial charge in [-0.1, -0.05) is 247 Å². The van der Waals surface area contributed by atoms with Crippen LogP contribution in [0.3, 0.4) is 0 Å². The highest BCUT2D eigenvalue weighted by atomic mass is 32.2. The van der Waals surface area contributed by atoms with E-state index in [1.807, 2.05) is 35.7 Å². The molecule has 15 aromatic carbocycles. The molecule has 10 heteroatoms.